The number of nitriles is 1. The molecule has 0 aliphatic carbocycles. The summed E-state index contributed by atoms with van der Waals surface area (Å²) in [4.78, 5) is 11.1. The second-order valence-electron chi connectivity index (χ2n) is 10.2. The molecule has 0 bridgehead atoms. The van der Waals surface area contributed by atoms with Crippen molar-refractivity contribution in [1.82, 2.24) is 0 Å². The normalized spacial score (nSPS) is 10.3. The summed E-state index contributed by atoms with van der Waals surface area (Å²) in [7, 11) is 0. The van der Waals surface area contributed by atoms with E-state index in [9.17, 15) is 4.79 Å². The van der Waals surface area contributed by atoms with Crippen molar-refractivity contribution in [1.29, 1.82) is 5.26 Å². The second-order valence-corrected chi connectivity index (χ2v) is 26.5. The standard InChI is InChI=1S/C17H17NO.C17H18O2.I3.I2/c2*1-17(2,13-18)15-9-6-10-16(11-15)19-12-14-7-4-3-5-8-14;1-3-2;1-2/h3-11H,12H2,1-2H3;3-11,13H,12H2,1-2H3;;/q;;-1;. The zero-order chi connectivity index (χ0) is 32.1. The number of rotatable bonds is 9. The summed E-state index contributed by atoms with van der Waals surface area (Å²) in [5.41, 5.74) is 3.22. The van der Waals surface area contributed by atoms with E-state index in [4.69, 9.17) is 14.7 Å². The van der Waals surface area contributed by atoms with Crippen LogP contribution >= 0.6 is 74.5 Å². The molecule has 43 heavy (non-hydrogen) atoms. The van der Waals surface area contributed by atoms with Gasteiger partial charge in [-0.25, -0.2) is 0 Å². The number of aldehydes is 1. The van der Waals surface area contributed by atoms with E-state index < -0.39 is 10.8 Å². The van der Waals surface area contributed by atoms with Crippen LogP contribution in [-0.2, 0) is 28.8 Å². The molecule has 0 fully saturated rings. The van der Waals surface area contributed by atoms with Crippen molar-refractivity contribution >= 4 is 80.7 Å². The number of hydrogen-bond acceptors (Lipinski definition) is 4. The number of carbonyl (C=O) groups is 1. The Balaban J connectivity index is 0.000000374. The molecule has 0 heterocycles. The first-order valence-electron chi connectivity index (χ1n) is 13.1. The Hall–Kier alpha value is -0.710. The third kappa shape index (κ3) is 15.9. The van der Waals surface area contributed by atoms with E-state index in [0.29, 0.717) is 26.5 Å². The fourth-order valence-corrected chi connectivity index (χ4v) is 3.58. The van der Waals surface area contributed by atoms with Gasteiger partial charge in [-0.15, -0.1) is 0 Å². The van der Waals surface area contributed by atoms with Gasteiger partial charge in [-0.2, -0.15) is 5.26 Å². The van der Waals surface area contributed by atoms with Gasteiger partial charge < -0.3 is 14.3 Å². The van der Waals surface area contributed by atoms with E-state index in [0.717, 1.165) is 40.0 Å². The molecular weight excluding hydrogens is 1100 g/mol. The molecule has 0 saturated heterocycles. The van der Waals surface area contributed by atoms with Gasteiger partial charge in [0.15, 0.2) is 0 Å². The van der Waals surface area contributed by atoms with Crippen molar-refractivity contribution < 1.29 is 27.5 Å². The Bertz CT molecular complexity index is 1380. The monoisotopic (exact) mass is 1140 g/mol. The van der Waals surface area contributed by atoms with Crippen molar-refractivity contribution in [2.24, 2.45) is 0 Å². The van der Waals surface area contributed by atoms with E-state index in [1.807, 2.05) is 137 Å². The molecular formula is C34H35I5NO3-. The van der Waals surface area contributed by atoms with Crippen molar-refractivity contribution in [3.63, 3.8) is 0 Å². The number of hydrogen-bond donors (Lipinski definition) is 0. The van der Waals surface area contributed by atoms with Crippen LogP contribution in [-0.4, -0.2) is 6.29 Å². The number of nitrogens with zero attached hydrogens (tertiary/aromatic N) is 1. The number of carbonyl (C=O) groups excluding carboxylic acids is 1. The molecule has 4 aromatic carbocycles. The molecule has 0 amide bonds. The molecule has 0 spiro atoms. The van der Waals surface area contributed by atoms with Crippen LogP contribution in [0.15, 0.2) is 109 Å². The molecule has 0 N–H and O–H groups in total. The van der Waals surface area contributed by atoms with Crippen LogP contribution in [0.2, 0.25) is 0 Å². The second kappa shape index (κ2) is 22.7. The molecule has 4 rings (SSSR count). The fraction of sp³-hybridized carbons (Fsp3) is 0.235. The van der Waals surface area contributed by atoms with Crippen molar-refractivity contribution in [3.05, 3.63) is 131 Å². The third-order valence-electron chi connectivity index (χ3n) is 6.20. The first-order valence-corrected chi connectivity index (χ1v) is 31.9. The summed E-state index contributed by atoms with van der Waals surface area (Å²) in [5, 5.41) is 9.16. The predicted molar refractivity (Wildman–Crippen MR) is 208 cm³/mol. The molecule has 230 valence electrons. The van der Waals surface area contributed by atoms with Crippen LogP contribution in [0.5, 0.6) is 11.5 Å². The average molecular weight is 1140 g/mol. The van der Waals surface area contributed by atoms with Gasteiger partial charge in [0.25, 0.3) is 0 Å². The van der Waals surface area contributed by atoms with Crippen LogP contribution < -0.4 is 22.7 Å². The SMILES string of the molecule is CC(C)(C#N)c1cccc(OCc2ccccc2)c1.CC(C)(C=O)c1cccc(OCc2ccccc2)c1.II.I[I-]I. The van der Waals surface area contributed by atoms with Gasteiger partial charge in [0.2, 0.25) is 0 Å². The van der Waals surface area contributed by atoms with Crippen molar-refractivity contribution in [2.75, 3.05) is 0 Å². The van der Waals surface area contributed by atoms with Crippen molar-refractivity contribution in [2.45, 2.75) is 51.7 Å². The minimum atomic E-state index is -0.494. The van der Waals surface area contributed by atoms with E-state index in [1.165, 1.54) is 0 Å². The predicted octanol–water partition coefficient (Wildman–Crippen LogP) is 8.36. The molecule has 0 unspecified atom stereocenters. The first-order chi connectivity index (χ1) is 20.6. The van der Waals surface area contributed by atoms with Gasteiger partial charge >= 0.3 is 50.5 Å². The summed E-state index contributed by atoms with van der Waals surface area (Å²) in [5.74, 6) is 1.58. The molecule has 4 aromatic rings. The summed E-state index contributed by atoms with van der Waals surface area (Å²) in [6.07, 6.45) is 0.962. The van der Waals surface area contributed by atoms with Gasteiger partial charge in [-0.05, 0) is 74.2 Å². The van der Waals surface area contributed by atoms with Crippen LogP contribution in [0.1, 0.15) is 49.9 Å². The van der Waals surface area contributed by atoms with Crippen LogP contribution in [0.3, 0.4) is 0 Å². The molecule has 0 saturated carbocycles. The third-order valence-corrected chi connectivity index (χ3v) is 6.20. The Morgan fingerprint density at radius 3 is 1.49 bits per heavy atom. The number of halogens is 5. The fourth-order valence-electron chi connectivity index (χ4n) is 3.58. The molecule has 0 aromatic heterocycles. The maximum absolute atomic E-state index is 11.1. The van der Waals surface area contributed by atoms with Crippen molar-refractivity contribution in [3.8, 4) is 17.6 Å². The first kappa shape index (κ1) is 40.3. The zero-order valence-corrected chi connectivity index (χ0v) is 35.2. The zero-order valence-electron chi connectivity index (χ0n) is 24.4. The van der Waals surface area contributed by atoms with Gasteiger partial charge in [-0.1, -0.05) is 84.9 Å². The van der Waals surface area contributed by atoms with Gasteiger partial charge in [0.05, 0.1) is 11.5 Å². The Labute approximate surface area is 310 Å². The summed E-state index contributed by atoms with van der Waals surface area (Å²) in [6, 6.07) is 37.8. The molecule has 0 aliphatic heterocycles. The summed E-state index contributed by atoms with van der Waals surface area (Å²) < 4.78 is 11.5. The van der Waals surface area contributed by atoms with Gasteiger partial charge in [0, 0.05) is 42.6 Å². The Kier molecular flexibility index (Phi) is 21.3. The number of ether oxygens (including phenoxy) is 2. The molecule has 0 aliphatic rings. The Morgan fingerprint density at radius 1 is 0.698 bits per heavy atom. The van der Waals surface area contributed by atoms with Gasteiger partial charge in [-0.3, -0.25) is 0 Å². The molecule has 0 atom stereocenters. The Morgan fingerprint density at radius 2 is 1.09 bits per heavy atom. The van der Waals surface area contributed by atoms with Crippen LogP contribution in [0.4, 0.5) is 0 Å². The quantitative estimate of drug-likeness (QED) is 0.125. The summed E-state index contributed by atoms with van der Waals surface area (Å²) in [6.45, 7) is 8.68. The maximum atomic E-state index is 11.1. The van der Waals surface area contributed by atoms with Crippen LogP contribution in [0, 0.1) is 11.3 Å². The van der Waals surface area contributed by atoms with E-state index in [-0.39, 0.29) is 0 Å². The van der Waals surface area contributed by atoms with E-state index in [1.54, 1.807) is 0 Å². The van der Waals surface area contributed by atoms with E-state index in [2.05, 4.69) is 80.5 Å². The molecule has 9 heteroatoms. The minimum absolute atomic E-state index is 0.480. The van der Waals surface area contributed by atoms with Gasteiger partial charge in [0.1, 0.15) is 31.0 Å². The summed E-state index contributed by atoms with van der Waals surface area (Å²) >= 11 is 9.54. The topological polar surface area (TPSA) is 59.3 Å². The number of benzene rings is 4. The van der Waals surface area contributed by atoms with Crippen LogP contribution in [0.25, 0.3) is 0 Å². The molecule has 0 radical (unpaired) electrons. The molecule has 4 nitrogen and oxygen atoms in total. The average Bonchev–Trinajstić information content (AvgIpc) is 3.05. The van der Waals surface area contributed by atoms with E-state index >= 15 is 0 Å².